The molecule has 3 N–H and O–H groups in total. The first-order valence-corrected chi connectivity index (χ1v) is 12.6. The summed E-state index contributed by atoms with van der Waals surface area (Å²) in [5, 5.41) is 14.7. The molecule has 0 aliphatic carbocycles. The number of carbonyl (C=O) groups excluding carboxylic acids is 3. The molecule has 2 unspecified atom stereocenters. The second kappa shape index (κ2) is 14.1. The lowest BCUT2D eigenvalue weighted by molar-refractivity contribution is -0.141. The third kappa shape index (κ3) is 10.9. The molecule has 0 aliphatic heterocycles. The Balaban J connectivity index is 2.39. The molecule has 0 fully saturated rings. The molecule has 3 amide bonds. The van der Waals surface area contributed by atoms with Crippen molar-refractivity contribution in [3.8, 4) is 0 Å². The van der Waals surface area contributed by atoms with Gasteiger partial charge < -0.3 is 20.5 Å². The second-order valence-electron chi connectivity index (χ2n) is 10.4. The predicted molar refractivity (Wildman–Crippen MR) is 145 cm³/mol. The van der Waals surface area contributed by atoms with Crippen molar-refractivity contribution in [2.24, 2.45) is 10.9 Å². The van der Waals surface area contributed by atoms with Crippen molar-refractivity contribution in [1.29, 1.82) is 0 Å². The van der Waals surface area contributed by atoms with Gasteiger partial charge in [0.1, 0.15) is 23.4 Å². The lowest BCUT2D eigenvalue weighted by Gasteiger charge is -2.22. The Morgan fingerprint density at radius 2 is 1.42 bits per heavy atom. The highest BCUT2D eigenvalue weighted by Gasteiger charge is 2.28. The van der Waals surface area contributed by atoms with Crippen LogP contribution in [0, 0.1) is 5.92 Å². The Kier molecular flexibility index (Phi) is 11.2. The zero-order valence-electron chi connectivity index (χ0n) is 22.6. The van der Waals surface area contributed by atoms with Gasteiger partial charge >= 0.3 is 12.1 Å². The van der Waals surface area contributed by atoms with Gasteiger partial charge in [-0.15, -0.1) is 0 Å². The quantitative estimate of drug-likeness (QED) is 0.382. The first kappa shape index (κ1) is 30.2. The third-order valence-electron chi connectivity index (χ3n) is 5.30. The van der Waals surface area contributed by atoms with Gasteiger partial charge in [0, 0.05) is 12.8 Å². The van der Waals surface area contributed by atoms with Gasteiger partial charge in [0.2, 0.25) is 0 Å². The molecular formula is C29H37N3O6. The van der Waals surface area contributed by atoms with Gasteiger partial charge in [0.15, 0.2) is 0 Å². The molecule has 2 aromatic rings. The maximum atomic E-state index is 13.4. The molecule has 0 radical (unpaired) electrons. The third-order valence-corrected chi connectivity index (χ3v) is 5.30. The highest BCUT2D eigenvalue weighted by molar-refractivity contribution is 6.41. The van der Waals surface area contributed by atoms with Gasteiger partial charge in [-0.1, -0.05) is 74.5 Å². The van der Waals surface area contributed by atoms with Crippen molar-refractivity contribution in [3.63, 3.8) is 0 Å². The lowest BCUT2D eigenvalue weighted by Crippen LogP contribution is -2.47. The number of carbonyl (C=O) groups is 4. The average molecular weight is 524 g/mol. The molecule has 9 nitrogen and oxygen atoms in total. The maximum absolute atomic E-state index is 13.4. The molecule has 0 saturated carbocycles. The van der Waals surface area contributed by atoms with Crippen LogP contribution in [0.4, 0.5) is 4.79 Å². The van der Waals surface area contributed by atoms with E-state index < -0.39 is 41.6 Å². The standard InChI is InChI=1S/C29H37N3O6/c1-19(2)16-24(27(35)36)31-25(33)22(17-20-12-8-6-9-13-20)30-26(34)23(18-21-14-10-7-11-15-21)32-28(37)38-29(3,4)5/h6-15,19,23-24H,16-18H2,1-5H3,(H,31,33)(H,32,37)(H,35,36)/b30-22+. The summed E-state index contributed by atoms with van der Waals surface area (Å²) in [6.07, 6.45) is -0.464. The van der Waals surface area contributed by atoms with Crippen LogP contribution in [-0.4, -0.2) is 52.4 Å². The normalized spacial score (nSPS) is 13.4. The van der Waals surface area contributed by atoms with E-state index in [4.69, 9.17) is 4.74 Å². The van der Waals surface area contributed by atoms with Crippen LogP contribution < -0.4 is 10.6 Å². The summed E-state index contributed by atoms with van der Waals surface area (Å²) in [6.45, 7) is 8.81. The smallest absolute Gasteiger partial charge is 0.408 e. The summed E-state index contributed by atoms with van der Waals surface area (Å²) in [7, 11) is 0. The fourth-order valence-corrected chi connectivity index (χ4v) is 3.60. The zero-order chi connectivity index (χ0) is 28.3. The molecule has 0 aromatic heterocycles. The number of ether oxygens (including phenoxy) is 1. The zero-order valence-corrected chi connectivity index (χ0v) is 22.6. The molecule has 38 heavy (non-hydrogen) atoms. The SMILES string of the molecule is CC(C)CC(NC(=O)/C(Cc1ccccc1)=N/C(=O)C(Cc1ccccc1)NC(=O)OC(C)(C)C)C(=O)O. The Morgan fingerprint density at radius 3 is 1.92 bits per heavy atom. The Bertz CT molecular complexity index is 1120. The first-order chi connectivity index (χ1) is 17.8. The maximum Gasteiger partial charge on any atom is 0.408 e. The number of aliphatic carboxylic acids is 1. The number of hydrogen-bond acceptors (Lipinski definition) is 5. The summed E-state index contributed by atoms with van der Waals surface area (Å²) in [5.41, 5.74) is 0.549. The number of carboxylic acid groups (broad SMARTS) is 1. The molecule has 0 spiro atoms. The largest absolute Gasteiger partial charge is 0.480 e. The molecule has 9 heteroatoms. The van der Waals surface area contributed by atoms with Gasteiger partial charge in [-0.3, -0.25) is 9.59 Å². The fourth-order valence-electron chi connectivity index (χ4n) is 3.60. The van der Waals surface area contributed by atoms with Crippen molar-refractivity contribution < 1.29 is 29.0 Å². The van der Waals surface area contributed by atoms with E-state index in [0.717, 1.165) is 5.56 Å². The topological polar surface area (TPSA) is 134 Å². The molecule has 204 valence electrons. The Hall–Kier alpha value is -4.01. The number of carboxylic acids is 1. The number of amides is 3. The van der Waals surface area contributed by atoms with E-state index in [1.807, 2.05) is 50.2 Å². The Labute approximate surface area is 223 Å². The molecule has 2 aromatic carbocycles. The van der Waals surface area contributed by atoms with Gasteiger partial charge in [0.25, 0.3) is 11.8 Å². The number of aliphatic imine (C=N–C) groups is 1. The predicted octanol–water partition coefficient (Wildman–Crippen LogP) is 3.95. The fraction of sp³-hybridized carbons (Fsp3) is 0.414. The number of hydrogen-bond donors (Lipinski definition) is 3. The van der Waals surface area contributed by atoms with E-state index in [2.05, 4.69) is 15.6 Å². The second-order valence-corrected chi connectivity index (χ2v) is 10.4. The van der Waals surface area contributed by atoms with Crippen molar-refractivity contribution >= 4 is 29.6 Å². The van der Waals surface area contributed by atoms with Crippen molar-refractivity contribution in [2.75, 3.05) is 0 Å². The van der Waals surface area contributed by atoms with Crippen LogP contribution in [0.5, 0.6) is 0 Å². The number of nitrogens with one attached hydrogen (secondary N) is 2. The van der Waals surface area contributed by atoms with Gasteiger partial charge in [-0.2, -0.15) is 0 Å². The molecule has 0 bridgehead atoms. The first-order valence-electron chi connectivity index (χ1n) is 12.6. The van der Waals surface area contributed by atoms with E-state index >= 15 is 0 Å². The van der Waals surface area contributed by atoms with Crippen LogP contribution in [0.25, 0.3) is 0 Å². The number of rotatable bonds is 11. The van der Waals surface area contributed by atoms with Crippen molar-refractivity contribution in [1.82, 2.24) is 10.6 Å². The number of benzene rings is 2. The van der Waals surface area contributed by atoms with E-state index in [-0.39, 0.29) is 30.9 Å². The van der Waals surface area contributed by atoms with Crippen LogP contribution in [0.15, 0.2) is 65.7 Å². The van der Waals surface area contributed by atoms with Gasteiger partial charge in [-0.05, 0) is 44.2 Å². The Morgan fingerprint density at radius 1 is 0.868 bits per heavy atom. The molecule has 0 heterocycles. The van der Waals surface area contributed by atoms with E-state index in [0.29, 0.717) is 5.56 Å². The average Bonchev–Trinajstić information content (AvgIpc) is 2.82. The molecule has 0 saturated heterocycles. The van der Waals surface area contributed by atoms with E-state index in [1.165, 1.54) is 0 Å². The van der Waals surface area contributed by atoms with E-state index in [9.17, 15) is 24.3 Å². The molecule has 2 rings (SSSR count). The van der Waals surface area contributed by atoms with Gasteiger partial charge in [0.05, 0.1) is 0 Å². The summed E-state index contributed by atoms with van der Waals surface area (Å²) in [6, 6.07) is 15.7. The van der Waals surface area contributed by atoms with Crippen molar-refractivity contribution in [2.45, 2.75) is 71.6 Å². The highest BCUT2D eigenvalue weighted by atomic mass is 16.6. The molecule has 0 aliphatic rings. The molecule has 2 atom stereocenters. The van der Waals surface area contributed by atoms with Crippen LogP contribution in [0.2, 0.25) is 0 Å². The number of nitrogens with zero attached hydrogens (tertiary/aromatic N) is 1. The minimum absolute atomic E-state index is 0.00305. The van der Waals surface area contributed by atoms with Crippen LogP contribution in [0.1, 0.15) is 52.2 Å². The van der Waals surface area contributed by atoms with Crippen LogP contribution in [-0.2, 0) is 32.0 Å². The monoisotopic (exact) mass is 523 g/mol. The van der Waals surface area contributed by atoms with Crippen molar-refractivity contribution in [3.05, 3.63) is 71.8 Å². The highest BCUT2D eigenvalue weighted by Crippen LogP contribution is 2.11. The summed E-state index contributed by atoms with van der Waals surface area (Å²) in [4.78, 5) is 55.0. The summed E-state index contributed by atoms with van der Waals surface area (Å²) >= 11 is 0. The van der Waals surface area contributed by atoms with Gasteiger partial charge in [-0.25, -0.2) is 14.6 Å². The van der Waals surface area contributed by atoms with E-state index in [1.54, 1.807) is 45.0 Å². The number of alkyl carbamates (subject to hydrolysis) is 1. The summed E-state index contributed by atoms with van der Waals surface area (Å²) in [5.74, 6) is -2.67. The summed E-state index contributed by atoms with van der Waals surface area (Å²) < 4.78 is 5.32. The van der Waals surface area contributed by atoms with Crippen LogP contribution in [0.3, 0.4) is 0 Å². The molecular weight excluding hydrogens is 486 g/mol. The lowest BCUT2D eigenvalue weighted by atomic mass is 10.0. The minimum Gasteiger partial charge on any atom is -0.480 e. The minimum atomic E-state index is -1.18. The van der Waals surface area contributed by atoms with Crippen LogP contribution >= 0.6 is 0 Å².